The molecule has 0 saturated carbocycles. The molecule has 3 unspecified atom stereocenters. The molecule has 3 heterocycles. The highest BCUT2D eigenvalue weighted by atomic mass is 79.9. The van der Waals surface area contributed by atoms with Crippen LogP contribution in [0.25, 0.3) is 0 Å². The first-order valence-corrected chi connectivity index (χ1v) is 13.9. The molecule has 3 saturated heterocycles. The van der Waals surface area contributed by atoms with Crippen molar-refractivity contribution in [1.82, 2.24) is 9.80 Å². The summed E-state index contributed by atoms with van der Waals surface area (Å²) in [4.78, 5) is 44.9. The average Bonchev–Trinajstić information content (AvgIpc) is 3.47. The molecule has 1 aromatic rings. The van der Waals surface area contributed by atoms with Crippen LogP contribution in [0.2, 0.25) is 0 Å². The minimum Gasteiger partial charge on any atom is -0.461 e. The van der Waals surface area contributed by atoms with E-state index in [-0.39, 0.29) is 36.4 Å². The molecule has 3 aliphatic rings. The number of hydrogen-bond acceptors (Lipinski definition) is 6. The monoisotopic (exact) mass is 588 g/mol. The third-order valence-corrected chi connectivity index (χ3v) is 8.73. The van der Waals surface area contributed by atoms with Crippen LogP contribution in [-0.4, -0.2) is 86.6 Å². The van der Waals surface area contributed by atoms with Gasteiger partial charge in [-0.25, -0.2) is 0 Å². The standard InChI is InChI=1S/C29H37BrN2O6/c1-6-13-31(28(3,4)5)26(35)24-29-16-20(30)23(38-29)21(27(36)37-14-7-2)22(29)25(34)32(24)19(17-33)15-18-11-9-8-10-12-18/h6-12,19-24,33H,1-2,13-17H2,3-5H3/t19-,20?,21-,22+,23-,24?,29?/m1/s1. The van der Waals surface area contributed by atoms with E-state index >= 15 is 0 Å². The lowest BCUT2D eigenvalue weighted by Gasteiger charge is -2.43. The second-order valence-corrected chi connectivity index (χ2v) is 12.4. The van der Waals surface area contributed by atoms with Crippen molar-refractivity contribution in [3.05, 3.63) is 61.2 Å². The molecule has 0 radical (unpaired) electrons. The molecule has 9 heteroatoms. The van der Waals surface area contributed by atoms with Crippen molar-refractivity contribution in [3.63, 3.8) is 0 Å². The number of halogens is 1. The summed E-state index contributed by atoms with van der Waals surface area (Å²) in [5, 5.41) is 10.6. The van der Waals surface area contributed by atoms with E-state index in [1.54, 1.807) is 11.0 Å². The largest absolute Gasteiger partial charge is 0.461 e. The van der Waals surface area contributed by atoms with Gasteiger partial charge in [0.05, 0.1) is 30.6 Å². The Balaban J connectivity index is 1.83. The van der Waals surface area contributed by atoms with Gasteiger partial charge in [0.15, 0.2) is 0 Å². The maximum Gasteiger partial charge on any atom is 0.312 e. The molecule has 38 heavy (non-hydrogen) atoms. The van der Waals surface area contributed by atoms with E-state index in [4.69, 9.17) is 9.47 Å². The van der Waals surface area contributed by atoms with Gasteiger partial charge in [-0.05, 0) is 39.2 Å². The van der Waals surface area contributed by atoms with E-state index in [0.29, 0.717) is 12.8 Å². The fraction of sp³-hybridized carbons (Fsp3) is 0.552. The zero-order valence-corrected chi connectivity index (χ0v) is 23.8. The number of benzene rings is 1. The Morgan fingerprint density at radius 2 is 1.97 bits per heavy atom. The van der Waals surface area contributed by atoms with Crippen LogP contribution in [0.3, 0.4) is 0 Å². The minimum absolute atomic E-state index is 0.0133. The number of likely N-dealkylation sites (tertiary alicyclic amines) is 1. The third-order valence-electron chi connectivity index (χ3n) is 7.88. The quantitative estimate of drug-likeness (QED) is 0.256. The summed E-state index contributed by atoms with van der Waals surface area (Å²) in [5.41, 5.74) is -0.890. The minimum atomic E-state index is -1.24. The van der Waals surface area contributed by atoms with Gasteiger partial charge in [-0.1, -0.05) is 65.0 Å². The molecule has 1 N–H and O–H groups in total. The highest BCUT2D eigenvalue weighted by Crippen LogP contribution is 2.61. The molecular weight excluding hydrogens is 552 g/mol. The number of fused-ring (bicyclic) bond motifs is 1. The van der Waals surface area contributed by atoms with E-state index in [0.717, 1.165) is 5.56 Å². The Morgan fingerprint density at radius 1 is 1.29 bits per heavy atom. The molecule has 1 spiro atoms. The zero-order chi connectivity index (χ0) is 27.8. The van der Waals surface area contributed by atoms with Crippen molar-refractivity contribution in [1.29, 1.82) is 0 Å². The number of nitrogens with zero attached hydrogens (tertiary/aromatic N) is 2. The van der Waals surface area contributed by atoms with Crippen LogP contribution in [0, 0.1) is 11.8 Å². The van der Waals surface area contributed by atoms with Crippen LogP contribution >= 0.6 is 15.9 Å². The van der Waals surface area contributed by atoms with Crippen molar-refractivity contribution in [2.24, 2.45) is 11.8 Å². The number of carbonyl (C=O) groups is 3. The Kier molecular flexibility index (Phi) is 8.21. The number of amides is 2. The summed E-state index contributed by atoms with van der Waals surface area (Å²) in [7, 11) is 0. The number of aliphatic hydroxyl groups excluding tert-OH is 1. The summed E-state index contributed by atoms with van der Waals surface area (Å²) < 4.78 is 11.9. The van der Waals surface area contributed by atoms with Crippen LogP contribution in [0.4, 0.5) is 0 Å². The van der Waals surface area contributed by atoms with Gasteiger partial charge >= 0.3 is 5.97 Å². The van der Waals surface area contributed by atoms with Crippen molar-refractivity contribution in [3.8, 4) is 0 Å². The topological polar surface area (TPSA) is 96.4 Å². The molecule has 0 aromatic heterocycles. The van der Waals surface area contributed by atoms with E-state index in [9.17, 15) is 19.5 Å². The van der Waals surface area contributed by atoms with Crippen LogP contribution < -0.4 is 0 Å². The third kappa shape index (κ3) is 4.73. The fourth-order valence-electron chi connectivity index (χ4n) is 6.35. The number of esters is 1. The Hall–Kier alpha value is -2.49. The second kappa shape index (κ2) is 10.9. The van der Waals surface area contributed by atoms with E-state index in [1.165, 1.54) is 11.0 Å². The molecule has 2 bridgehead atoms. The first kappa shape index (κ1) is 28.5. The number of ether oxygens (including phenoxy) is 2. The van der Waals surface area contributed by atoms with Crippen molar-refractivity contribution in [2.45, 2.75) is 67.8 Å². The Labute approximate surface area is 232 Å². The van der Waals surface area contributed by atoms with E-state index < -0.39 is 47.1 Å². The number of aliphatic hydroxyl groups is 1. The Morgan fingerprint density at radius 3 is 2.55 bits per heavy atom. The maximum absolute atomic E-state index is 14.5. The maximum atomic E-state index is 14.5. The molecule has 2 amide bonds. The summed E-state index contributed by atoms with van der Waals surface area (Å²) in [6.07, 6.45) is 3.24. The molecular formula is C29H37BrN2O6. The van der Waals surface area contributed by atoms with E-state index in [1.807, 2.05) is 51.1 Å². The molecule has 4 rings (SSSR count). The van der Waals surface area contributed by atoms with Gasteiger partial charge in [-0.3, -0.25) is 14.4 Å². The van der Waals surface area contributed by atoms with Crippen molar-refractivity contribution in [2.75, 3.05) is 19.8 Å². The van der Waals surface area contributed by atoms with Crippen LogP contribution in [0.5, 0.6) is 0 Å². The summed E-state index contributed by atoms with van der Waals surface area (Å²) >= 11 is 3.66. The Bertz CT molecular complexity index is 1090. The zero-order valence-electron chi connectivity index (χ0n) is 22.2. The predicted octanol–water partition coefficient (Wildman–Crippen LogP) is 2.88. The molecule has 0 aliphatic carbocycles. The van der Waals surface area contributed by atoms with Crippen molar-refractivity contribution < 1.29 is 29.0 Å². The summed E-state index contributed by atoms with van der Waals surface area (Å²) in [6, 6.07) is 7.81. The van der Waals surface area contributed by atoms with Crippen molar-refractivity contribution >= 4 is 33.7 Å². The number of carbonyl (C=O) groups excluding carboxylic acids is 3. The number of rotatable bonds is 10. The van der Waals surface area contributed by atoms with Crippen LogP contribution in [0.1, 0.15) is 32.8 Å². The molecule has 1 aromatic carbocycles. The normalized spacial score (nSPS) is 30.6. The summed E-state index contributed by atoms with van der Waals surface area (Å²) in [6.45, 7) is 13.1. The molecule has 7 atom stereocenters. The van der Waals surface area contributed by atoms with Gasteiger partial charge in [0.2, 0.25) is 11.8 Å². The molecule has 3 fully saturated rings. The van der Waals surface area contributed by atoms with E-state index in [2.05, 4.69) is 29.1 Å². The molecule has 8 nitrogen and oxygen atoms in total. The molecule has 206 valence electrons. The smallest absolute Gasteiger partial charge is 0.312 e. The number of hydrogen-bond donors (Lipinski definition) is 1. The van der Waals surface area contributed by atoms with Crippen LogP contribution in [-0.2, 0) is 30.3 Å². The van der Waals surface area contributed by atoms with Gasteiger partial charge in [-0.15, -0.1) is 6.58 Å². The second-order valence-electron chi connectivity index (χ2n) is 11.3. The predicted molar refractivity (Wildman–Crippen MR) is 146 cm³/mol. The van der Waals surface area contributed by atoms with Gasteiger partial charge in [0.25, 0.3) is 0 Å². The van der Waals surface area contributed by atoms with Gasteiger partial charge in [0, 0.05) is 16.9 Å². The fourth-order valence-corrected chi connectivity index (χ4v) is 7.30. The number of alkyl halides is 1. The first-order chi connectivity index (χ1) is 18.0. The highest BCUT2D eigenvalue weighted by Gasteiger charge is 2.77. The van der Waals surface area contributed by atoms with Crippen LogP contribution in [0.15, 0.2) is 55.6 Å². The molecule has 3 aliphatic heterocycles. The lowest BCUT2D eigenvalue weighted by atomic mass is 9.70. The first-order valence-electron chi connectivity index (χ1n) is 13.0. The highest BCUT2D eigenvalue weighted by molar-refractivity contribution is 9.09. The SMILES string of the molecule is C=CCOC(=O)[C@H]1[C@@H]2OC3(CC2Br)C(C(=O)N(CC=C)C(C)(C)C)N([C@@H](CO)Cc2ccccc2)C(=O)[C@H]13. The lowest BCUT2D eigenvalue weighted by molar-refractivity contribution is -0.156. The average molecular weight is 590 g/mol. The lowest BCUT2D eigenvalue weighted by Crippen LogP contribution is -2.62. The van der Waals surface area contributed by atoms with Gasteiger partial charge < -0.3 is 24.4 Å². The van der Waals surface area contributed by atoms with Gasteiger partial charge in [0.1, 0.15) is 18.2 Å². The summed E-state index contributed by atoms with van der Waals surface area (Å²) in [5.74, 6) is -2.98. The van der Waals surface area contributed by atoms with Gasteiger partial charge in [-0.2, -0.15) is 0 Å².